The van der Waals surface area contributed by atoms with Crippen molar-refractivity contribution in [3.05, 3.63) is 46.8 Å². The Hall–Kier alpha value is -2.70. The number of nitrogens with one attached hydrogen (secondary N) is 1. The fourth-order valence-corrected chi connectivity index (χ4v) is 3.06. The molecule has 2 aromatic rings. The van der Waals surface area contributed by atoms with Crippen molar-refractivity contribution in [3.63, 3.8) is 0 Å². The van der Waals surface area contributed by atoms with Gasteiger partial charge in [0.15, 0.2) is 0 Å². The number of amides is 1. The maximum Gasteiger partial charge on any atom is 0.255 e. The van der Waals surface area contributed by atoms with Crippen molar-refractivity contribution in [2.45, 2.75) is 26.4 Å². The molecule has 0 fully saturated rings. The lowest BCUT2D eigenvalue weighted by Gasteiger charge is -2.25. The molecule has 1 aliphatic heterocycles. The summed E-state index contributed by atoms with van der Waals surface area (Å²) in [5, 5.41) is 3.03. The van der Waals surface area contributed by atoms with Crippen LogP contribution in [0.2, 0.25) is 0 Å². The Balaban J connectivity index is 1.84. The van der Waals surface area contributed by atoms with Crippen LogP contribution in [0.3, 0.4) is 0 Å². The van der Waals surface area contributed by atoms with Crippen LogP contribution >= 0.6 is 0 Å². The Labute approximate surface area is 146 Å². The second-order valence-corrected chi connectivity index (χ2v) is 5.97. The molecular formula is C18H21FN4O2. The number of fused-ring (bicyclic) bond motifs is 1. The highest BCUT2D eigenvalue weighted by molar-refractivity contribution is 5.99. The second-order valence-electron chi connectivity index (χ2n) is 5.97. The van der Waals surface area contributed by atoms with Crippen LogP contribution in [0.4, 0.5) is 10.2 Å². The summed E-state index contributed by atoms with van der Waals surface area (Å²) in [5.41, 5.74) is 3.32. The lowest BCUT2D eigenvalue weighted by Crippen LogP contribution is -2.27. The molecule has 3 rings (SSSR count). The molecule has 0 bridgehead atoms. The number of aryl methyl sites for hydroxylation is 1. The summed E-state index contributed by atoms with van der Waals surface area (Å²) in [7, 11) is 1.79. The zero-order valence-corrected chi connectivity index (χ0v) is 14.5. The van der Waals surface area contributed by atoms with Gasteiger partial charge in [-0.15, -0.1) is 0 Å². The largest absolute Gasteiger partial charge is 0.475 e. The molecule has 1 amide bonds. The van der Waals surface area contributed by atoms with Gasteiger partial charge in [0.05, 0.1) is 12.6 Å². The molecule has 0 saturated carbocycles. The Morgan fingerprint density at radius 1 is 1.44 bits per heavy atom. The summed E-state index contributed by atoms with van der Waals surface area (Å²) < 4.78 is 17.5. The number of pyridine rings is 2. The van der Waals surface area contributed by atoms with Crippen LogP contribution < -0.4 is 10.1 Å². The van der Waals surface area contributed by atoms with Crippen molar-refractivity contribution < 1.29 is 13.9 Å². The molecule has 0 saturated heterocycles. The van der Waals surface area contributed by atoms with Gasteiger partial charge in [-0.1, -0.05) is 0 Å². The van der Waals surface area contributed by atoms with E-state index in [1.165, 1.54) is 0 Å². The summed E-state index contributed by atoms with van der Waals surface area (Å²) >= 11 is 0. The standard InChI is InChI=1S/C18H21FN4O2/c1-11-8-13(9-22-17(11)25-7-5-19)12(2)23-10-15-14(18(23)24)4-6-21-16(15)20-3/h4,6,8-9,12H,5,7,10H2,1-3H3,(H,20,21). The lowest BCUT2D eigenvalue weighted by atomic mass is 10.1. The minimum atomic E-state index is -0.554. The Morgan fingerprint density at radius 2 is 2.24 bits per heavy atom. The van der Waals surface area contributed by atoms with Gasteiger partial charge in [0.1, 0.15) is 19.1 Å². The van der Waals surface area contributed by atoms with Gasteiger partial charge < -0.3 is 15.0 Å². The van der Waals surface area contributed by atoms with Crippen LogP contribution in [-0.2, 0) is 6.54 Å². The first kappa shape index (κ1) is 17.1. The van der Waals surface area contributed by atoms with Crippen LogP contribution in [0.1, 0.15) is 40.0 Å². The van der Waals surface area contributed by atoms with Gasteiger partial charge in [0, 0.05) is 36.1 Å². The van der Waals surface area contributed by atoms with E-state index < -0.39 is 6.67 Å². The maximum absolute atomic E-state index is 12.8. The third-order valence-corrected chi connectivity index (χ3v) is 4.43. The minimum Gasteiger partial charge on any atom is -0.475 e. The van der Waals surface area contributed by atoms with E-state index in [9.17, 15) is 9.18 Å². The van der Waals surface area contributed by atoms with Gasteiger partial charge in [-0.2, -0.15) is 0 Å². The molecule has 0 aromatic carbocycles. The Bertz CT molecular complexity index is 797. The molecule has 25 heavy (non-hydrogen) atoms. The van der Waals surface area contributed by atoms with Crippen molar-refractivity contribution >= 4 is 11.7 Å². The van der Waals surface area contributed by atoms with E-state index in [2.05, 4.69) is 15.3 Å². The average molecular weight is 344 g/mol. The van der Waals surface area contributed by atoms with Gasteiger partial charge in [-0.3, -0.25) is 4.79 Å². The average Bonchev–Trinajstić information content (AvgIpc) is 2.97. The van der Waals surface area contributed by atoms with Crippen molar-refractivity contribution in [3.8, 4) is 5.88 Å². The molecule has 0 aliphatic carbocycles. The number of halogens is 1. The van der Waals surface area contributed by atoms with Crippen molar-refractivity contribution in [1.82, 2.24) is 14.9 Å². The topological polar surface area (TPSA) is 67.3 Å². The lowest BCUT2D eigenvalue weighted by molar-refractivity contribution is 0.0715. The van der Waals surface area contributed by atoms with Crippen LogP contribution in [0.15, 0.2) is 24.5 Å². The molecule has 6 nitrogen and oxygen atoms in total. The minimum absolute atomic E-state index is 0.0115. The number of hydrogen-bond acceptors (Lipinski definition) is 5. The highest BCUT2D eigenvalue weighted by Crippen LogP contribution is 2.34. The number of alkyl halides is 1. The number of carbonyl (C=O) groups is 1. The zero-order valence-electron chi connectivity index (χ0n) is 14.5. The monoisotopic (exact) mass is 344 g/mol. The number of carbonyl (C=O) groups excluding carboxylic acids is 1. The van der Waals surface area contributed by atoms with Crippen LogP contribution in [-0.4, -0.2) is 41.1 Å². The molecule has 1 N–H and O–H groups in total. The molecule has 0 radical (unpaired) electrons. The van der Waals surface area contributed by atoms with Crippen molar-refractivity contribution in [2.24, 2.45) is 0 Å². The number of nitrogens with zero attached hydrogens (tertiary/aromatic N) is 3. The van der Waals surface area contributed by atoms with E-state index >= 15 is 0 Å². The molecule has 2 aromatic heterocycles. The molecule has 132 valence electrons. The molecule has 7 heteroatoms. The highest BCUT2D eigenvalue weighted by atomic mass is 19.1. The molecule has 1 aliphatic rings. The summed E-state index contributed by atoms with van der Waals surface area (Å²) in [6.45, 7) is 3.76. The van der Waals surface area contributed by atoms with Crippen LogP contribution in [0.25, 0.3) is 0 Å². The van der Waals surface area contributed by atoms with Crippen molar-refractivity contribution in [2.75, 3.05) is 25.6 Å². The molecule has 1 atom stereocenters. The normalized spacial score (nSPS) is 14.4. The fourth-order valence-electron chi connectivity index (χ4n) is 3.06. The summed E-state index contributed by atoms with van der Waals surface area (Å²) in [5.74, 6) is 1.13. The van der Waals surface area contributed by atoms with E-state index in [4.69, 9.17) is 4.74 Å². The van der Waals surface area contributed by atoms with Gasteiger partial charge in [0.25, 0.3) is 5.91 Å². The van der Waals surface area contributed by atoms with Gasteiger partial charge in [-0.25, -0.2) is 14.4 Å². The SMILES string of the molecule is CNc1nccc2c1CN(C(C)c1cnc(OCCF)c(C)c1)C2=O. The van der Waals surface area contributed by atoms with Gasteiger partial charge in [-0.05, 0) is 31.5 Å². The quantitative estimate of drug-likeness (QED) is 0.873. The Morgan fingerprint density at radius 3 is 2.92 bits per heavy atom. The zero-order chi connectivity index (χ0) is 18.0. The first-order chi connectivity index (χ1) is 12.1. The predicted octanol–water partition coefficient (Wildman–Crippen LogP) is 2.89. The maximum atomic E-state index is 12.8. The summed E-state index contributed by atoms with van der Waals surface area (Å²) in [4.78, 5) is 23.1. The van der Waals surface area contributed by atoms with Crippen molar-refractivity contribution in [1.29, 1.82) is 0 Å². The summed E-state index contributed by atoms with van der Waals surface area (Å²) in [6, 6.07) is 3.53. The third-order valence-electron chi connectivity index (χ3n) is 4.43. The van der Waals surface area contributed by atoms with E-state index in [1.807, 2.05) is 19.9 Å². The fraction of sp³-hybridized carbons (Fsp3) is 0.389. The Kier molecular flexibility index (Phi) is 4.83. The van der Waals surface area contributed by atoms with E-state index in [0.717, 1.165) is 22.5 Å². The number of anilines is 1. The van der Waals surface area contributed by atoms with E-state index in [0.29, 0.717) is 18.0 Å². The molecule has 1 unspecified atom stereocenters. The van der Waals surface area contributed by atoms with E-state index in [-0.39, 0.29) is 18.6 Å². The second kappa shape index (κ2) is 7.04. The first-order valence-electron chi connectivity index (χ1n) is 8.18. The molecule has 3 heterocycles. The highest BCUT2D eigenvalue weighted by Gasteiger charge is 2.33. The smallest absolute Gasteiger partial charge is 0.255 e. The predicted molar refractivity (Wildman–Crippen MR) is 92.5 cm³/mol. The number of rotatable bonds is 6. The van der Waals surface area contributed by atoms with E-state index in [1.54, 1.807) is 30.4 Å². The molecule has 0 spiro atoms. The van der Waals surface area contributed by atoms with Gasteiger partial charge in [0.2, 0.25) is 5.88 Å². The first-order valence-corrected chi connectivity index (χ1v) is 8.18. The number of hydrogen-bond donors (Lipinski definition) is 1. The van der Waals surface area contributed by atoms with Crippen LogP contribution in [0.5, 0.6) is 5.88 Å². The van der Waals surface area contributed by atoms with Crippen LogP contribution in [0, 0.1) is 6.92 Å². The number of ether oxygens (including phenoxy) is 1. The number of aromatic nitrogens is 2. The summed E-state index contributed by atoms with van der Waals surface area (Å²) in [6.07, 6.45) is 3.32. The third kappa shape index (κ3) is 3.14. The van der Waals surface area contributed by atoms with Gasteiger partial charge >= 0.3 is 0 Å². The molecular weight excluding hydrogens is 323 g/mol.